The summed E-state index contributed by atoms with van der Waals surface area (Å²) >= 11 is 0. The van der Waals surface area contributed by atoms with Gasteiger partial charge in [-0.2, -0.15) is 0 Å². The predicted molar refractivity (Wildman–Crippen MR) is 54.7 cm³/mol. The third kappa shape index (κ3) is 2.95. The summed E-state index contributed by atoms with van der Waals surface area (Å²) in [6, 6.07) is 0. The normalized spacial score (nSPS) is 11.7. The van der Waals surface area contributed by atoms with Crippen molar-refractivity contribution in [1.29, 1.82) is 0 Å². The summed E-state index contributed by atoms with van der Waals surface area (Å²) in [6.07, 6.45) is 0.977. The molecule has 14 heavy (non-hydrogen) atoms. The van der Waals surface area contributed by atoms with Gasteiger partial charge in [0.1, 0.15) is 0 Å². The second-order valence-electron chi connectivity index (χ2n) is 4.18. The van der Waals surface area contributed by atoms with Crippen LogP contribution in [-0.2, 0) is 7.05 Å². The van der Waals surface area contributed by atoms with E-state index in [-0.39, 0.29) is 5.41 Å². The Bertz CT molecular complexity index is 279. The summed E-state index contributed by atoms with van der Waals surface area (Å²) < 4.78 is 1.61. The van der Waals surface area contributed by atoms with E-state index in [2.05, 4.69) is 34.7 Å². The van der Waals surface area contributed by atoms with Crippen molar-refractivity contribution >= 4 is 5.95 Å². The Balaban J connectivity index is 2.44. The molecule has 1 aromatic rings. The maximum atomic E-state index is 5.52. The lowest BCUT2D eigenvalue weighted by Crippen LogP contribution is -2.27. The van der Waals surface area contributed by atoms with Crippen molar-refractivity contribution in [1.82, 2.24) is 20.2 Å². The molecule has 3 N–H and O–H groups in total. The van der Waals surface area contributed by atoms with Gasteiger partial charge in [0.15, 0.2) is 0 Å². The van der Waals surface area contributed by atoms with E-state index in [1.165, 1.54) is 0 Å². The predicted octanol–water partition coefficient (Wildman–Crippen LogP) is -0.00300. The van der Waals surface area contributed by atoms with Crippen molar-refractivity contribution in [3.63, 3.8) is 0 Å². The molecule has 0 unspecified atom stereocenters. The molecule has 80 valence electrons. The summed E-state index contributed by atoms with van der Waals surface area (Å²) in [5.41, 5.74) is 5.69. The lowest BCUT2D eigenvalue weighted by Gasteiger charge is -2.23. The number of hydrogen-bond donors (Lipinski definition) is 2. The van der Waals surface area contributed by atoms with Crippen LogP contribution in [-0.4, -0.2) is 33.3 Å². The molecule has 0 saturated carbocycles. The van der Waals surface area contributed by atoms with E-state index in [1.807, 2.05) is 0 Å². The molecule has 1 heterocycles. The van der Waals surface area contributed by atoms with Gasteiger partial charge in [-0.3, -0.25) is 0 Å². The average Bonchev–Trinajstić information content (AvgIpc) is 2.48. The Labute approximate surface area is 83.9 Å². The molecule has 0 aromatic carbocycles. The van der Waals surface area contributed by atoms with E-state index >= 15 is 0 Å². The van der Waals surface area contributed by atoms with E-state index in [0.717, 1.165) is 13.0 Å². The van der Waals surface area contributed by atoms with Crippen molar-refractivity contribution < 1.29 is 0 Å². The molecule has 6 nitrogen and oxygen atoms in total. The smallest absolute Gasteiger partial charge is 0.242 e. The third-order valence-electron chi connectivity index (χ3n) is 2.17. The molecule has 0 radical (unpaired) electrons. The van der Waals surface area contributed by atoms with Crippen molar-refractivity contribution in [2.45, 2.75) is 20.3 Å². The number of aryl methyl sites for hydroxylation is 1. The Morgan fingerprint density at radius 2 is 2.21 bits per heavy atom. The van der Waals surface area contributed by atoms with Gasteiger partial charge in [0.05, 0.1) is 0 Å². The molecule has 0 bridgehead atoms. The van der Waals surface area contributed by atoms with Crippen molar-refractivity contribution in [3.8, 4) is 0 Å². The van der Waals surface area contributed by atoms with Gasteiger partial charge in [-0.15, -0.1) is 0 Å². The number of hydrogen-bond acceptors (Lipinski definition) is 5. The van der Waals surface area contributed by atoms with Crippen molar-refractivity contribution in [2.75, 3.05) is 18.4 Å². The third-order valence-corrected chi connectivity index (χ3v) is 2.17. The fraction of sp³-hybridized carbons (Fsp3) is 0.875. The quantitative estimate of drug-likeness (QED) is 0.695. The fourth-order valence-corrected chi connectivity index (χ4v) is 1.18. The van der Waals surface area contributed by atoms with Gasteiger partial charge in [0.25, 0.3) is 0 Å². The van der Waals surface area contributed by atoms with Crippen LogP contribution in [0.5, 0.6) is 0 Å². The molecule has 0 spiro atoms. The highest BCUT2D eigenvalue weighted by Crippen LogP contribution is 2.19. The monoisotopic (exact) mass is 198 g/mol. The SMILES string of the molecule is Cn1nnnc1NCC(C)(C)CCN. The van der Waals surface area contributed by atoms with E-state index in [1.54, 1.807) is 11.7 Å². The van der Waals surface area contributed by atoms with Crippen LogP contribution < -0.4 is 11.1 Å². The molecule has 0 aliphatic rings. The topological polar surface area (TPSA) is 81.7 Å². The number of nitrogens with two attached hydrogens (primary N) is 1. The van der Waals surface area contributed by atoms with Crippen LogP contribution in [0.4, 0.5) is 5.95 Å². The van der Waals surface area contributed by atoms with E-state index in [0.29, 0.717) is 12.5 Å². The first kappa shape index (κ1) is 10.9. The number of nitrogens with zero attached hydrogens (tertiary/aromatic N) is 4. The lowest BCUT2D eigenvalue weighted by atomic mass is 9.89. The standard InChI is InChI=1S/C8H18N6/c1-8(2,4-5-9)6-10-7-11-12-13-14(7)3/h4-6,9H2,1-3H3,(H,10,11,13). The number of tetrazole rings is 1. The maximum Gasteiger partial charge on any atom is 0.242 e. The molecule has 0 amide bonds. The van der Waals surface area contributed by atoms with Crippen LogP contribution >= 0.6 is 0 Å². The van der Waals surface area contributed by atoms with Crippen LogP contribution in [0.2, 0.25) is 0 Å². The minimum absolute atomic E-state index is 0.167. The highest BCUT2D eigenvalue weighted by molar-refractivity contribution is 5.21. The Morgan fingerprint density at radius 1 is 1.50 bits per heavy atom. The van der Waals surface area contributed by atoms with Crippen LogP contribution in [0.25, 0.3) is 0 Å². The highest BCUT2D eigenvalue weighted by atomic mass is 15.6. The minimum Gasteiger partial charge on any atom is -0.353 e. The van der Waals surface area contributed by atoms with E-state index in [4.69, 9.17) is 5.73 Å². The zero-order valence-electron chi connectivity index (χ0n) is 8.99. The van der Waals surface area contributed by atoms with E-state index in [9.17, 15) is 0 Å². The Kier molecular flexibility index (Phi) is 3.40. The second kappa shape index (κ2) is 4.36. The van der Waals surface area contributed by atoms with Gasteiger partial charge in [-0.05, 0) is 28.8 Å². The van der Waals surface area contributed by atoms with Gasteiger partial charge in [0.2, 0.25) is 5.95 Å². The van der Waals surface area contributed by atoms with Crippen molar-refractivity contribution in [3.05, 3.63) is 0 Å². The summed E-state index contributed by atoms with van der Waals surface area (Å²) in [5, 5.41) is 14.3. The molecule has 0 atom stereocenters. The molecule has 1 rings (SSSR count). The zero-order chi connectivity index (χ0) is 10.6. The molecule has 6 heteroatoms. The molecule has 0 aliphatic carbocycles. The summed E-state index contributed by atoms with van der Waals surface area (Å²) in [6.45, 7) is 5.84. The largest absolute Gasteiger partial charge is 0.353 e. The first-order chi connectivity index (χ1) is 6.55. The zero-order valence-corrected chi connectivity index (χ0v) is 8.99. The van der Waals surface area contributed by atoms with Crippen LogP contribution in [0.1, 0.15) is 20.3 Å². The fourth-order valence-electron chi connectivity index (χ4n) is 1.18. The van der Waals surface area contributed by atoms with Crippen LogP contribution in [0, 0.1) is 5.41 Å². The number of nitrogens with one attached hydrogen (secondary N) is 1. The van der Waals surface area contributed by atoms with Crippen LogP contribution in [0.3, 0.4) is 0 Å². The first-order valence-electron chi connectivity index (χ1n) is 4.71. The van der Waals surface area contributed by atoms with Crippen molar-refractivity contribution in [2.24, 2.45) is 18.2 Å². The van der Waals surface area contributed by atoms with E-state index < -0.39 is 0 Å². The van der Waals surface area contributed by atoms with Gasteiger partial charge in [-0.1, -0.05) is 18.9 Å². The molecule has 0 saturated heterocycles. The lowest BCUT2D eigenvalue weighted by molar-refractivity contribution is 0.364. The Morgan fingerprint density at radius 3 is 2.71 bits per heavy atom. The molecule has 0 aliphatic heterocycles. The second-order valence-corrected chi connectivity index (χ2v) is 4.18. The maximum absolute atomic E-state index is 5.52. The summed E-state index contributed by atoms with van der Waals surface area (Å²) in [7, 11) is 1.80. The number of aromatic nitrogens is 4. The Hall–Kier alpha value is -1.17. The number of anilines is 1. The number of rotatable bonds is 5. The van der Waals surface area contributed by atoms with Gasteiger partial charge in [0, 0.05) is 13.6 Å². The molecular weight excluding hydrogens is 180 g/mol. The highest BCUT2D eigenvalue weighted by Gasteiger charge is 2.17. The minimum atomic E-state index is 0.167. The summed E-state index contributed by atoms with van der Waals surface area (Å²) in [4.78, 5) is 0. The van der Waals surface area contributed by atoms with Gasteiger partial charge < -0.3 is 11.1 Å². The molecule has 1 aromatic heterocycles. The van der Waals surface area contributed by atoms with Gasteiger partial charge in [-0.25, -0.2) is 4.68 Å². The summed E-state index contributed by atoms with van der Waals surface area (Å²) in [5.74, 6) is 0.690. The van der Waals surface area contributed by atoms with Crippen LogP contribution in [0.15, 0.2) is 0 Å². The molecule has 0 fully saturated rings. The average molecular weight is 198 g/mol. The first-order valence-corrected chi connectivity index (χ1v) is 4.71. The molecular formula is C8H18N6. The van der Waals surface area contributed by atoms with Gasteiger partial charge >= 0.3 is 0 Å².